The van der Waals surface area contributed by atoms with Gasteiger partial charge in [0.1, 0.15) is 5.75 Å². The molecule has 0 saturated heterocycles. The zero-order valence-corrected chi connectivity index (χ0v) is 22.5. The minimum atomic E-state index is -0.0409. The van der Waals surface area contributed by atoms with Crippen LogP contribution in [0.15, 0.2) is 71.6 Å². The summed E-state index contributed by atoms with van der Waals surface area (Å²) in [5.41, 5.74) is 2.88. The number of ether oxygens (including phenoxy) is 1. The highest BCUT2D eigenvalue weighted by atomic mass is 35.5. The molecule has 0 spiro atoms. The van der Waals surface area contributed by atoms with E-state index in [0.717, 1.165) is 34.7 Å². The van der Waals surface area contributed by atoms with Crippen LogP contribution in [0, 0.1) is 0 Å². The lowest BCUT2D eigenvalue weighted by molar-refractivity contribution is -0.117. The highest BCUT2D eigenvalue weighted by Gasteiger charge is 2.13. The number of rotatable bonds is 11. The van der Waals surface area contributed by atoms with Gasteiger partial charge >= 0.3 is 0 Å². The molecule has 3 aromatic carbocycles. The van der Waals surface area contributed by atoms with Gasteiger partial charge in [-0.3, -0.25) is 9.69 Å². The predicted octanol–water partition coefficient (Wildman–Crippen LogP) is 6.43. The number of aromatic nitrogens is 2. The lowest BCUT2D eigenvalue weighted by Gasteiger charge is -2.17. The molecular weight excluding hydrogens is 508 g/mol. The number of amides is 1. The van der Waals surface area contributed by atoms with Gasteiger partial charge in [0.2, 0.25) is 5.91 Å². The van der Waals surface area contributed by atoms with E-state index in [-0.39, 0.29) is 5.91 Å². The molecule has 0 aliphatic rings. The molecule has 1 amide bonds. The van der Waals surface area contributed by atoms with E-state index in [1.807, 2.05) is 62.4 Å². The van der Waals surface area contributed by atoms with Gasteiger partial charge in [0.05, 0.1) is 35.4 Å². The van der Waals surface area contributed by atoms with Crippen molar-refractivity contribution in [1.29, 1.82) is 0 Å². The molecule has 4 aromatic rings. The molecule has 0 unspecified atom stereocenters. The summed E-state index contributed by atoms with van der Waals surface area (Å²) in [6.07, 6.45) is 0. The number of methoxy groups -OCH3 is 1. The lowest BCUT2D eigenvalue weighted by atomic mass is 10.3. The van der Waals surface area contributed by atoms with Crippen molar-refractivity contribution in [1.82, 2.24) is 14.9 Å². The van der Waals surface area contributed by atoms with E-state index in [9.17, 15) is 4.79 Å². The fourth-order valence-corrected chi connectivity index (χ4v) is 4.46. The molecule has 8 nitrogen and oxygen atoms in total. The average Bonchev–Trinajstić information content (AvgIpc) is 2.91. The second-order valence-electron chi connectivity index (χ2n) is 8.12. The molecule has 0 radical (unpaired) electrons. The zero-order chi connectivity index (χ0) is 26.2. The molecule has 0 aliphatic carbocycles. The first-order valence-corrected chi connectivity index (χ1v) is 13.1. The Hall–Kier alpha value is -3.53. The molecule has 0 aliphatic heterocycles. The maximum absolute atomic E-state index is 12.4. The summed E-state index contributed by atoms with van der Waals surface area (Å²) >= 11 is 7.80. The summed E-state index contributed by atoms with van der Waals surface area (Å²) in [5, 5.41) is 6.79. The molecule has 1 heterocycles. The maximum atomic E-state index is 12.4. The van der Waals surface area contributed by atoms with Crippen LogP contribution >= 0.6 is 23.5 Å². The van der Waals surface area contributed by atoms with Gasteiger partial charge in [-0.1, -0.05) is 43.6 Å². The normalized spacial score (nSPS) is 10.9. The van der Waals surface area contributed by atoms with Crippen molar-refractivity contribution in [2.24, 2.45) is 0 Å². The van der Waals surface area contributed by atoms with E-state index in [1.165, 1.54) is 11.9 Å². The van der Waals surface area contributed by atoms with Gasteiger partial charge in [-0.25, -0.2) is 9.97 Å². The smallest absolute Gasteiger partial charge is 0.238 e. The van der Waals surface area contributed by atoms with Crippen LogP contribution in [-0.4, -0.2) is 47.5 Å². The summed E-state index contributed by atoms with van der Waals surface area (Å²) in [6, 6.07) is 20.7. The molecule has 0 fully saturated rings. The van der Waals surface area contributed by atoms with Crippen molar-refractivity contribution < 1.29 is 9.53 Å². The summed E-state index contributed by atoms with van der Waals surface area (Å²) in [4.78, 5) is 24.9. The van der Waals surface area contributed by atoms with Crippen LogP contribution in [-0.2, 0) is 4.79 Å². The van der Waals surface area contributed by atoms with Crippen LogP contribution < -0.4 is 20.1 Å². The van der Waals surface area contributed by atoms with E-state index in [2.05, 4.69) is 20.3 Å². The van der Waals surface area contributed by atoms with E-state index < -0.39 is 0 Å². The van der Waals surface area contributed by atoms with Crippen molar-refractivity contribution in [2.45, 2.75) is 18.7 Å². The topological polar surface area (TPSA) is 91.4 Å². The molecule has 1 aromatic heterocycles. The maximum Gasteiger partial charge on any atom is 0.238 e. The van der Waals surface area contributed by atoms with E-state index in [1.54, 1.807) is 25.3 Å². The summed E-state index contributed by atoms with van der Waals surface area (Å²) in [5.74, 6) is 1.69. The first kappa shape index (κ1) is 26.5. The van der Waals surface area contributed by atoms with Crippen LogP contribution in [0.5, 0.6) is 5.75 Å². The molecular formula is C27H29ClN6O2S. The Morgan fingerprint density at radius 1 is 0.973 bits per heavy atom. The number of carbonyl (C=O) groups excluding carboxylic acids is 1. The van der Waals surface area contributed by atoms with Crippen molar-refractivity contribution >= 4 is 63.5 Å². The largest absolute Gasteiger partial charge is 0.497 e. The van der Waals surface area contributed by atoms with Crippen LogP contribution in [0.25, 0.3) is 11.0 Å². The first-order valence-electron chi connectivity index (χ1n) is 11.9. The van der Waals surface area contributed by atoms with Gasteiger partial charge in [-0.15, -0.1) is 0 Å². The third-order valence-corrected chi connectivity index (χ3v) is 6.76. The molecule has 0 bridgehead atoms. The molecule has 192 valence electrons. The highest BCUT2D eigenvalue weighted by Crippen LogP contribution is 2.33. The number of benzene rings is 3. The number of hydrogen-bond acceptors (Lipinski definition) is 8. The van der Waals surface area contributed by atoms with E-state index in [4.69, 9.17) is 26.3 Å². The monoisotopic (exact) mass is 536 g/mol. The number of hydrogen-bond donors (Lipinski definition) is 3. The third-order valence-electron chi connectivity index (χ3n) is 5.64. The number of anilines is 4. The Labute approximate surface area is 225 Å². The number of para-hydroxylation sites is 2. The van der Waals surface area contributed by atoms with Crippen molar-refractivity contribution in [3.8, 4) is 5.75 Å². The van der Waals surface area contributed by atoms with Gasteiger partial charge in [-0.05, 0) is 67.5 Å². The fraction of sp³-hybridized carbons (Fsp3) is 0.222. The molecule has 3 N–H and O–H groups in total. The quantitative estimate of drug-likeness (QED) is 0.189. The van der Waals surface area contributed by atoms with Crippen LogP contribution in [0.4, 0.5) is 23.0 Å². The van der Waals surface area contributed by atoms with Crippen molar-refractivity contribution in [3.05, 3.63) is 71.8 Å². The highest BCUT2D eigenvalue weighted by molar-refractivity contribution is 8.00. The van der Waals surface area contributed by atoms with Gasteiger partial charge in [0, 0.05) is 16.6 Å². The van der Waals surface area contributed by atoms with Gasteiger partial charge < -0.3 is 20.1 Å². The standard InChI is InChI=1S/C27H29ClN6O2S/c1-4-34(5-2)17-25(35)29-18-9-8-10-20(15-18)37-33-27-26(30-22-11-6-7-12-23(22)31-27)32-24-16-19(36-3)13-14-21(24)28/h6-16H,4-5,17H2,1-3H3,(H,29,35)(H,30,32)(H,31,33). The molecule has 37 heavy (non-hydrogen) atoms. The Bertz CT molecular complexity index is 1380. The van der Waals surface area contributed by atoms with Gasteiger partial charge in [0.25, 0.3) is 0 Å². The summed E-state index contributed by atoms with van der Waals surface area (Å²) in [6.45, 7) is 6.10. The Morgan fingerprint density at radius 3 is 2.41 bits per heavy atom. The van der Waals surface area contributed by atoms with Crippen LogP contribution in [0.1, 0.15) is 13.8 Å². The SMILES string of the molecule is CCN(CC)CC(=O)Nc1cccc(SNc2nc3ccccc3nc2Nc2cc(OC)ccc2Cl)c1. The number of halogens is 1. The van der Waals surface area contributed by atoms with Crippen LogP contribution in [0.2, 0.25) is 5.02 Å². The molecule has 10 heteroatoms. The van der Waals surface area contributed by atoms with Crippen molar-refractivity contribution in [3.63, 3.8) is 0 Å². The molecule has 0 atom stereocenters. The number of nitrogens with zero attached hydrogens (tertiary/aromatic N) is 3. The Kier molecular flexibility index (Phi) is 9.05. The average molecular weight is 537 g/mol. The first-order chi connectivity index (χ1) is 18.0. The number of likely N-dealkylation sites (N-methyl/N-ethyl adjacent to an activating group) is 1. The lowest BCUT2D eigenvalue weighted by Crippen LogP contribution is -2.32. The minimum Gasteiger partial charge on any atom is -0.497 e. The van der Waals surface area contributed by atoms with Crippen LogP contribution in [0.3, 0.4) is 0 Å². The fourth-order valence-electron chi connectivity index (χ4n) is 3.61. The predicted molar refractivity (Wildman–Crippen MR) is 153 cm³/mol. The van der Waals surface area contributed by atoms with E-state index >= 15 is 0 Å². The number of carbonyl (C=O) groups is 1. The number of nitrogens with one attached hydrogen (secondary N) is 3. The second-order valence-corrected chi connectivity index (χ2v) is 9.41. The molecule has 4 rings (SSSR count). The second kappa shape index (κ2) is 12.6. The minimum absolute atomic E-state index is 0.0409. The zero-order valence-electron chi connectivity index (χ0n) is 20.9. The third kappa shape index (κ3) is 7.03. The Balaban J connectivity index is 1.54. The van der Waals surface area contributed by atoms with Crippen molar-refractivity contribution in [2.75, 3.05) is 42.1 Å². The molecule has 0 saturated carbocycles. The Morgan fingerprint density at radius 2 is 1.70 bits per heavy atom. The summed E-state index contributed by atoms with van der Waals surface area (Å²) in [7, 11) is 1.60. The summed E-state index contributed by atoms with van der Waals surface area (Å²) < 4.78 is 8.65. The van der Waals surface area contributed by atoms with E-state index in [0.29, 0.717) is 34.6 Å². The van der Waals surface area contributed by atoms with Gasteiger partial charge in [0.15, 0.2) is 11.6 Å². The van der Waals surface area contributed by atoms with Gasteiger partial charge in [-0.2, -0.15) is 0 Å². The number of fused-ring (bicyclic) bond motifs is 1.